The van der Waals surface area contributed by atoms with Crippen LogP contribution in [0.3, 0.4) is 0 Å². The lowest BCUT2D eigenvalue weighted by Crippen LogP contribution is -2.52. The van der Waals surface area contributed by atoms with Gasteiger partial charge in [-0.15, -0.1) is 0 Å². The summed E-state index contributed by atoms with van der Waals surface area (Å²) >= 11 is 0. The van der Waals surface area contributed by atoms with Gasteiger partial charge < -0.3 is 18.3 Å². The van der Waals surface area contributed by atoms with Gasteiger partial charge in [-0.1, -0.05) is 48.1 Å². The van der Waals surface area contributed by atoms with Crippen molar-refractivity contribution in [2.45, 2.75) is 121 Å². The Labute approximate surface area is 186 Å². The molecule has 2 rings (SSSR count). The molecule has 2 aliphatic rings. The number of hydrogen-bond acceptors (Lipinski definition) is 5. The summed E-state index contributed by atoms with van der Waals surface area (Å²) in [6.45, 7) is 28.8. The van der Waals surface area contributed by atoms with E-state index in [9.17, 15) is 4.79 Å². The standard InChI is InChI=1S/C23H44O5Si2/c1-16-19(28-30(11,12)22(6,7)8)13-18(27-29(9,10)21(3,4)5)14-23(16)20(26-23)15-25-17(2)24/h18-20H,1,13-15H2,2-12H3/t18-,19+,20+,23-/m1/s1. The van der Waals surface area contributed by atoms with Gasteiger partial charge in [-0.3, -0.25) is 4.79 Å². The third kappa shape index (κ3) is 5.29. The van der Waals surface area contributed by atoms with E-state index in [2.05, 4.69) is 74.3 Å². The lowest BCUT2D eigenvalue weighted by atomic mass is 9.79. The molecule has 0 bridgehead atoms. The lowest BCUT2D eigenvalue weighted by molar-refractivity contribution is -0.141. The number of hydrogen-bond donors (Lipinski definition) is 0. The molecule has 5 nitrogen and oxygen atoms in total. The van der Waals surface area contributed by atoms with E-state index in [-0.39, 0.29) is 41.0 Å². The van der Waals surface area contributed by atoms with Crippen molar-refractivity contribution in [3.05, 3.63) is 12.2 Å². The summed E-state index contributed by atoms with van der Waals surface area (Å²) in [5, 5.41) is 0.237. The molecule has 1 saturated heterocycles. The summed E-state index contributed by atoms with van der Waals surface area (Å²) in [5.74, 6) is -0.287. The highest BCUT2D eigenvalue weighted by Gasteiger charge is 2.64. The first-order valence-corrected chi connectivity index (χ1v) is 17.0. The molecule has 1 heterocycles. The Hall–Kier alpha value is -0.476. The van der Waals surface area contributed by atoms with Crippen LogP contribution in [-0.2, 0) is 23.1 Å². The van der Waals surface area contributed by atoms with Crippen molar-refractivity contribution in [2.75, 3.05) is 6.61 Å². The van der Waals surface area contributed by atoms with Crippen LogP contribution in [0.2, 0.25) is 36.3 Å². The minimum Gasteiger partial charge on any atom is -0.463 e. The van der Waals surface area contributed by atoms with Gasteiger partial charge in [0.1, 0.15) is 18.3 Å². The third-order valence-corrected chi connectivity index (χ3v) is 16.7. The third-order valence-electron chi connectivity index (χ3n) is 7.70. The van der Waals surface area contributed by atoms with Gasteiger partial charge in [-0.25, -0.2) is 0 Å². The molecular weight excluding hydrogens is 412 g/mol. The van der Waals surface area contributed by atoms with Crippen LogP contribution in [-0.4, -0.2) is 53.1 Å². The molecule has 0 unspecified atom stereocenters. The SMILES string of the molecule is C=C1[C@@H](O[Si](C)(C)C(C)(C)C)C[C@@H](O[Si](C)(C)C(C)(C)C)C[C@@]12O[C@H]2COC(C)=O. The summed E-state index contributed by atoms with van der Waals surface area (Å²) in [6.07, 6.45) is 1.35. The normalized spacial score (nSPS) is 30.5. The zero-order valence-electron chi connectivity index (χ0n) is 21.1. The van der Waals surface area contributed by atoms with Gasteiger partial charge in [-0.05, 0) is 41.8 Å². The minimum absolute atomic E-state index is 0.0495. The molecule has 30 heavy (non-hydrogen) atoms. The Bertz CT molecular complexity index is 674. The van der Waals surface area contributed by atoms with E-state index in [1.165, 1.54) is 6.92 Å². The van der Waals surface area contributed by atoms with Crippen LogP contribution in [0.25, 0.3) is 0 Å². The summed E-state index contributed by atoms with van der Waals surface area (Å²) in [5.41, 5.74) is 0.480. The fourth-order valence-corrected chi connectivity index (χ4v) is 6.25. The van der Waals surface area contributed by atoms with Crippen molar-refractivity contribution in [2.24, 2.45) is 0 Å². The summed E-state index contributed by atoms with van der Waals surface area (Å²) < 4.78 is 25.1. The van der Waals surface area contributed by atoms with Crippen LogP contribution in [0.4, 0.5) is 0 Å². The van der Waals surface area contributed by atoms with Crippen molar-refractivity contribution in [1.29, 1.82) is 0 Å². The number of carbonyl (C=O) groups is 1. The minimum atomic E-state index is -2.00. The van der Waals surface area contributed by atoms with Crippen molar-refractivity contribution in [1.82, 2.24) is 0 Å². The van der Waals surface area contributed by atoms with Crippen LogP contribution in [0.1, 0.15) is 61.3 Å². The number of rotatable bonds is 6. The fourth-order valence-electron chi connectivity index (χ4n) is 3.58. The highest BCUT2D eigenvalue weighted by atomic mass is 28.4. The molecule has 4 atom stereocenters. The second kappa shape index (κ2) is 8.14. The predicted molar refractivity (Wildman–Crippen MR) is 127 cm³/mol. The molecule has 1 saturated carbocycles. The van der Waals surface area contributed by atoms with Gasteiger partial charge in [0.15, 0.2) is 16.6 Å². The van der Waals surface area contributed by atoms with Gasteiger partial charge in [-0.2, -0.15) is 0 Å². The van der Waals surface area contributed by atoms with E-state index >= 15 is 0 Å². The maximum Gasteiger partial charge on any atom is 0.302 e. The summed E-state index contributed by atoms with van der Waals surface area (Å²) in [6, 6.07) is 0. The van der Waals surface area contributed by atoms with Gasteiger partial charge in [0.05, 0.1) is 12.2 Å². The topological polar surface area (TPSA) is 57.3 Å². The smallest absolute Gasteiger partial charge is 0.302 e. The van der Waals surface area contributed by atoms with Crippen LogP contribution >= 0.6 is 0 Å². The number of ether oxygens (including phenoxy) is 2. The predicted octanol–water partition coefficient (Wildman–Crippen LogP) is 5.82. The van der Waals surface area contributed by atoms with Crippen LogP contribution in [0.15, 0.2) is 12.2 Å². The first kappa shape index (κ1) is 25.8. The maximum absolute atomic E-state index is 11.3. The Morgan fingerprint density at radius 2 is 1.57 bits per heavy atom. The van der Waals surface area contributed by atoms with E-state index in [0.717, 1.165) is 18.4 Å². The van der Waals surface area contributed by atoms with Crippen molar-refractivity contribution in [3.8, 4) is 0 Å². The Balaban J connectivity index is 2.27. The molecule has 0 amide bonds. The van der Waals surface area contributed by atoms with Crippen LogP contribution in [0.5, 0.6) is 0 Å². The van der Waals surface area contributed by atoms with Crippen LogP contribution in [0, 0.1) is 0 Å². The first-order valence-electron chi connectivity index (χ1n) is 11.2. The van der Waals surface area contributed by atoms with Crippen molar-refractivity contribution >= 4 is 22.6 Å². The highest BCUT2D eigenvalue weighted by molar-refractivity contribution is 6.74. The summed E-state index contributed by atoms with van der Waals surface area (Å²) in [4.78, 5) is 11.3. The first-order chi connectivity index (χ1) is 13.3. The molecule has 7 heteroatoms. The molecule has 1 aliphatic heterocycles. The quantitative estimate of drug-likeness (QED) is 0.218. The zero-order valence-corrected chi connectivity index (χ0v) is 23.1. The van der Waals surface area contributed by atoms with E-state index in [1.54, 1.807) is 0 Å². The summed E-state index contributed by atoms with van der Waals surface area (Å²) in [7, 11) is -3.95. The molecule has 2 fully saturated rings. The molecule has 0 radical (unpaired) electrons. The number of carbonyl (C=O) groups excluding carboxylic acids is 1. The monoisotopic (exact) mass is 456 g/mol. The zero-order chi connectivity index (χ0) is 23.3. The van der Waals surface area contributed by atoms with Crippen molar-refractivity contribution < 1.29 is 23.1 Å². The Morgan fingerprint density at radius 1 is 1.07 bits per heavy atom. The molecule has 0 aromatic rings. The molecule has 174 valence electrons. The molecule has 0 aromatic carbocycles. The number of esters is 1. The van der Waals surface area contributed by atoms with Gasteiger partial charge >= 0.3 is 5.97 Å². The van der Waals surface area contributed by atoms with E-state index in [1.807, 2.05) is 0 Å². The average molecular weight is 457 g/mol. The highest BCUT2D eigenvalue weighted by Crippen LogP contribution is 2.54. The van der Waals surface area contributed by atoms with Crippen LogP contribution < -0.4 is 0 Å². The van der Waals surface area contributed by atoms with Crippen molar-refractivity contribution in [3.63, 3.8) is 0 Å². The lowest BCUT2D eigenvalue weighted by Gasteiger charge is -2.46. The van der Waals surface area contributed by atoms with Gasteiger partial charge in [0.2, 0.25) is 0 Å². The second-order valence-corrected chi connectivity index (χ2v) is 21.6. The fraction of sp³-hybridized carbons (Fsp3) is 0.870. The number of epoxide rings is 1. The van der Waals surface area contributed by atoms with Gasteiger partial charge in [0.25, 0.3) is 0 Å². The largest absolute Gasteiger partial charge is 0.463 e. The Morgan fingerprint density at radius 3 is 2.03 bits per heavy atom. The second-order valence-electron chi connectivity index (χ2n) is 12.1. The maximum atomic E-state index is 11.3. The van der Waals surface area contributed by atoms with E-state index in [4.69, 9.17) is 18.3 Å². The molecule has 0 aromatic heterocycles. The van der Waals surface area contributed by atoms with E-state index in [0.29, 0.717) is 0 Å². The molecule has 0 N–H and O–H groups in total. The molecular formula is C23H44O5Si2. The Kier molecular flexibility index (Phi) is 7.00. The molecule has 1 aliphatic carbocycles. The van der Waals surface area contributed by atoms with Gasteiger partial charge in [0, 0.05) is 19.8 Å². The average Bonchev–Trinajstić information content (AvgIpc) is 3.21. The molecule has 1 spiro atoms. The van der Waals surface area contributed by atoms with E-state index < -0.39 is 22.2 Å².